The lowest BCUT2D eigenvalue weighted by molar-refractivity contribution is 0.285. The molecule has 1 aliphatic carbocycles. The smallest absolute Gasteiger partial charge is 0.321 e. The summed E-state index contributed by atoms with van der Waals surface area (Å²) in [7, 11) is 0. The maximum Gasteiger partial charge on any atom is 0.321 e. The monoisotopic (exact) mass is 322 g/mol. The second-order valence-electron chi connectivity index (χ2n) is 6.58. The van der Waals surface area contributed by atoms with Gasteiger partial charge in [-0.05, 0) is 49.1 Å². The van der Waals surface area contributed by atoms with Crippen molar-refractivity contribution < 1.29 is 9.26 Å². The number of hydrogen-bond acceptors (Lipinski definition) is 6. The van der Waals surface area contributed by atoms with Crippen molar-refractivity contribution in [1.82, 2.24) is 20.1 Å². The molecule has 2 aromatic heterocycles. The van der Waals surface area contributed by atoms with Crippen molar-refractivity contribution >= 4 is 0 Å². The van der Waals surface area contributed by atoms with Crippen molar-refractivity contribution in [3.05, 3.63) is 48.6 Å². The van der Waals surface area contributed by atoms with Gasteiger partial charge in [0.2, 0.25) is 11.7 Å². The van der Waals surface area contributed by atoms with E-state index >= 15 is 0 Å². The van der Waals surface area contributed by atoms with Crippen LogP contribution in [-0.2, 0) is 5.41 Å². The van der Waals surface area contributed by atoms with E-state index < -0.39 is 0 Å². The first-order valence-electron chi connectivity index (χ1n) is 8.02. The van der Waals surface area contributed by atoms with Gasteiger partial charge in [0.15, 0.2) is 0 Å². The summed E-state index contributed by atoms with van der Waals surface area (Å²) in [6.07, 6.45) is 5.74. The topological polar surface area (TPSA) is 73.9 Å². The lowest BCUT2D eigenvalue weighted by Gasteiger charge is -2.18. The minimum atomic E-state index is -0.0566. The zero-order valence-electron chi connectivity index (χ0n) is 13.6. The van der Waals surface area contributed by atoms with E-state index in [4.69, 9.17) is 9.26 Å². The molecule has 0 bridgehead atoms. The van der Waals surface area contributed by atoms with Gasteiger partial charge in [0.1, 0.15) is 5.75 Å². The van der Waals surface area contributed by atoms with Crippen LogP contribution in [0.4, 0.5) is 0 Å². The van der Waals surface area contributed by atoms with Gasteiger partial charge in [-0.2, -0.15) is 4.98 Å². The van der Waals surface area contributed by atoms with Gasteiger partial charge in [-0.25, -0.2) is 9.97 Å². The third-order valence-electron chi connectivity index (χ3n) is 4.44. The molecule has 0 amide bonds. The average molecular weight is 322 g/mol. The number of benzene rings is 1. The molecule has 1 aliphatic rings. The maximum atomic E-state index is 5.58. The summed E-state index contributed by atoms with van der Waals surface area (Å²) in [5, 5.41) is 4.12. The van der Waals surface area contributed by atoms with Gasteiger partial charge in [0.25, 0.3) is 0 Å². The van der Waals surface area contributed by atoms with E-state index in [0.29, 0.717) is 29.4 Å². The van der Waals surface area contributed by atoms with Gasteiger partial charge in [-0.3, -0.25) is 0 Å². The van der Waals surface area contributed by atoms with Gasteiger partial charge >= 0.3 is 6.01 Å². The molecule has 0 spiro atoms. The summed E-state index contributed by atoms with van der Waals surface area (Å²) in [6.45, 7) is 4.33. The minimum Gasteiger partial charge on any atom is -0.424 e. The Morgan fingerprint density at radius 3 is 2.46 bits per heavy atom. The Morgan fingerprint density at radius 2 is 1.79 bits per heavy atom. The molecule has 2 heterocycles. The number of aromatic nitrogens is 4. The van der Waals surface area contributed by atoms with E-state index in [1.165, 1.54) is 12.8 Å². The van der Waals surface area contributed by atoms with Crippen LogP contribution in [-0.4, -0.2) is 20.1 Å². The summed E-state index contributed by atoms with van der Waals surface area (Å²) in [5.74, 6) is 2.61. The first-order valence-corrected chi connectivity index (χ1v) is 8.02. The molecule has 4 rings (SSSR count). The van der Waals surface area contributed by atoms with E-state index in [0.717, 1.165) is 5.56 Å². The Hall–Kier alpha value is -2.76. The van der Waals surface area contributed by atoms with Crippen LogP contribution in [0, 0.1) is 5.92 Å². The summed E-state index contributed by atoms with van der Waals surface area (Å²) < 4.78 is 11.1. The number of hydrogen-bond donors (Lipinski definition) is 0. The van der Waals surface area contributed by atoms with E-state index in [-0.39, 0.29) is 5.41 Å². The molecule has 0 radical (unpaired) electrons. The molecule has 6 heteroatoms. The van der Waals surface area contributed by atoms with Crippen LogP contribution in [0.1, 0.15) is 32.6 Å². The molecule has 1 aromatic carbocycles. The molecule has 3 aromatic rings. The Morgan fingerprint density at radius 1 is 1.08 bits per heavy atom. The SMILES string of the molecule is CC(C)(c1nc(-c2ccc(Oc3ncccn3)cc2)no1)C1CC1. The van der Waals surface area contributed by atoms with Crippen molar-refractivity contribution in [2.75, 3.05) is 0 Å². The normalized spacial score (nSPS) is 14.6. The van der Waals surface area contributed by atoms with Crippen molar-refractivity contribution in [2.45, 2.75) is 32.1 Å². The van der Waals surface area contributed by atoms with E-state index in [9.17, 15) is 0 Å². The number of ether oxygens (including phenoxy) is 1. The average Bonchev–Trinajstić information content (AvgIpc) is 3.34. The van der Waals surface area contributed by atoms with Crippen LogP contribution in [0.15, 0.2) is 47.2 Å². The summed E-state index contributed by atoms with van der Waals surface area (Å²) in [5.41, 5.74) is 0.830. The van der Waals surface area contributed by atoms with Crippen LogP contribution < -0.4 is 4.74 Å². The molecule has 0 aliphatic heterocycles. The van der Waals surface area contributed by atoms with E-state index in [1.807, 2.05) is 24.3 Å². The van der Waals surface area contributed by atoms with Gasteiger partial charge in [-0.15, -0.1) is 0 Å². The first kappa shape index (κ1) is 14.8. The van der Waals surface area contributed by atoms with Crippen LogP contribution in [0.3, 0.4) is 0 Å². The molecule has 0 atom stereocenters. The highest BCUT2D eigenvalue weighted by Crippen LogP contribution is 2.46. The van der Waals surface area contributed by atoms with Crippen molar-refractivity contribution in [3.63, 3.8) is 0 Å². The third-order valence-corrected chi connectivity index (χ3v) is 4.44. The zero-order valence-corrected chi connectivity index (χ0v) is 13.6. The summed E-state index contributed by atoms with van der Waals surface area (Å²) in [6, 6.07) is 9.54. The summed E-state index contributed by atoms with van der Waals surface area (Å²) >= 11 is 0. The molecular weight excluding hydrogens is 304 g/mol. The second-order valence-corrected chi connectivity index (χ2v) is 6.58. The summed E-state index contributed by atoms with van der Waals surface area (Å²) in [4.78, 5) is 12.7. The zero-order chi connectivity index (χ0) is 16.6. The fourth-order valence-electron chi connectivity index (χ4n) is 2.70. The molecule has 0 N–H and O–H groups in total. The number of rotatable bonds is 5. The second kappa shape index (κ2) is 5.70. The highest BCUT2D eigenvalue weighted by Gasteiger charge is 2.43. The quantitative estimate of drug-likeness (QED) is 0.706. The van der Waals surface area contributed by atoms with Gasteiger partial charge in [-0.1, -0.05) is 19.0 Å². The molecule has 122 valence electrons. The molecule has 1 fully saturated rings. The van der Waals surface area contributed by atoms with Gasteiger partial charge in [0, 0.05) is 23.4 Å². The highest BCUT2D eigenvalue weighted by atomic mass is 16.5. The predicted octanol–water partition coefficient (Wildman–Crippen LogP) is 4.01. The first-order chi connectivity index (χ1) is 11.6. The van der Waals surface area contributed by atoms with Crippen LogP contribution in [0.2, 0.25) is 0 Å². The standard InChI is InChI=1S/C18H18N4O2/c1-18(2,13-6-7-13)16-21-15(22-24-16)12-4-8-14(9-5-12)23-17-19-10-3-11-20-17/h3-5,8-11,13H,6-7H2,1-2H3. The molecule has 24 heavy (non-hydrogen) atoms. The highest BCUT2D eigenvalue weighted by molar-refractivity contribution is 5.55. The lowest BCUT2D eigenvalue weighted by Crippen LogP contribution is -2.20. The molecule has 0 saturated heterocycles. The van der Waals surface area contributed by atoms with E-state index in [2.05, 4.69) is 34.0 Å². The fourth-order valence-corrected chi connectivity index (χ4v) is 2.70. The largest absolute Gasteiger partial charge is 0.424 e. The van der Waals surface area contributed by atoms with Gasteiger partial charge in [0.05, 0.1) is 0 Å². The van der Waals surface area contributed by atoms with Crippen LogP contribution >= 0.6 is 0 Å². The van der Waals surface area contributed by atoms with Crippen molar-refractivity contribution in [3.8, 4) is 23.1 Å². The minimum absolute atomic E-state index is 0.0566. The number of nitrogens with zero attached hydrogens (tertiary/aromatic N) is 4. The Kier molecular flexibility index (Phi) is 3.52. The Labute approximate surface area is 139 Å². The Bertz CT molecular complexity index is 824. The fraction of sp³-hybridized carbons (Fsp3) is 0.333. The molecular formula is C18H18N4O2. The van der Waals surface area contributed by atoms with Crippen LogP contribution in [0.25, 0.3) is 11.4 Å². The predicted molar refractivity (Wildman–Crippen MR) is 87.6 cm³/mol. The molecule has 1 saturated carbocycles. The molecule has 0 unspecified atom stereocenters. The maximum absolute atomic E-state index is 5.58. The molecule has 6 nitrogen and oxygen atoms in total. The van der Waals surface area contributed by atoms with Crippen molar-refractivity contribution in [1.29, 1.82) is 0 Å². The van der Waals surface area contributed by atoms with E-state index in [1.54, 1.807) is 18.5 Å². The van der Waals surface area contributed by atoms with Crippen molar-refractivity contribution in [2.24, 2.45) is 5.92 Å². The van der Waals surface area contributed by atoms with Crippen LogP contribution in [0.5, 0.6) is 11.8 Å². The Balaban J connectivity index is 1.52. The van der Waals surface area contributed by atoms with Gasteiger partial charge < -0.3 is 9.26 Å². The lowest BCUT2D eigenvalue weighted by atomic mass is 9.87. The third kappa shape index (κ3) is 2.87.